The third-order valence-electron chi connectivity index (χ3n) is 12.3. The van der Waals surface area contributed by atoms with E-state index < -0.39 is 40.5 Å². The Morgan fingerprint density at radius 3 is 2.53 bits per heavy atom. The number of carbonyl (C=O) groups excluding carboxylic acids is 2. The standard InChI is InChI=1S/C37H57NO8S/c1-24(10-8-7-9-21-38-47(6,41)42)30-13-14-31-29-12-11-27-22-28(17-19-36(27,4)32(29)18-20-37(30,31)5)45-35-16-15-33(44-26(3)40)34(46-35)23-43-25(2)39/h10-11,15-16,28-35,38H,7-9,12-14,17-23H2,1-6H3/b24-10+/t28-,29-,30+,31-,32-,33-,34+,35?,36-,37+/m0/s1. The molecule has 264 valence electrons. The molecule has 0 aromatic carbocycles. The van der Waals surface area contributed by atoms with Crippen LogP contribution >= 0.6 is 0 Å². The first kappa shape index (κ1) is 36.3. The molecule has 4 aliphatic carbocycles. The monoisotopic (exact) mass is 675 g/mol. The van der Waals surface area contributed by atoms with Gasteiger partial charge < -0.3 is 18.9 Å². The zero-order valence-corrected chi connectivity index (χ0v) is 30.1. The van der Waals surface area contributed by atoms with Gasteiger partial charge in [0, 0.05) is 20.4 Å². The lowest BCUT2D eigenvalue weighted by atomic mass is 9.47. The third-order valence-corrected chi connectivity index (χ3v) is 13.0. The number of sulfonamides is 1. The molecule has 3 saturated carbocycles. The highest BCUT2D eigenvalue weighted by Crippen LogP contribution is 2.67. The van der Waals surface area contributed by atoms with E-state index in [0.717, 1.165) is 56.8 Å². The topological polar surface area (TPSA) is 117 Å². The fourth-order valence-electron chi connectivity index (χ4n) is 10.0. The van der Waals surface area contributed by atoms with E-state index in [9.17, 15) is 18.0 Å². The fourth-order valence-corrected chi connectivity index (χ4v) is 10.5. The smallest absolute Gasteiger partial charge is 0.303 e. The van der Waals surface area contributed by atoms with Crippen molar-refractivity contribution in [2.24, 2.45) is 34.5 Å². The highest BCUT2D eigenvalue weighted by Gasteiger charge is 2.58. The summed E-state index contributed by atoms with van der Waals surface area (Å²) in [5.74, 6) is 1.99. The quantitative estimate of drug-likeness (QED) is 0.144. The lowest BCUT2D eigenvalue weighted by Gasteiger charge is -2.58. The molecule has 0 aromatic heterocycles. The molecule has 0 bridgehead atoms. The maximum absolute atomic E-state index is 11.6. The summed E-state index contributed by atoms with van der Waals surface area (Å²) in [6.07, 6.45) is 20.2. The lowest BCUT2D eigenvalue weighted by molar-refractivity contribution is -0.213. The Kier molecular flexibility index (Phi) is 11.5. The van der Waals surface area contributed by atoms with Gasteiger partial charge in [0.15, 0.2) is 6.29 Å². The lowest BCUT2D eigenvalue weighted by Crippen LogP contribution is -2.51. The van der Waals surface area contributed by atoms with Crippen LogP contribution in [0.1, 0.15) is 105 Å². The number of hydrogen-bond donors (Lipinski definition) is 1. The van der Waals surface area contributed by atoms with Crippen molar-refractivity contribution in [3.63, 3.8) is 0 Å². The van der Waals surface area contributed by atoms with Crippen LogP contribution in [-0.4, -0.2) is 64.4 Å². The summed E-state index contributed by atoms with van der Waals surface area (Å²) in [5, 5.41) is 0. The van der Waals surface area contributed by atoms with Crippen LogP contribution in [0, 0.1) is 34.5 Å². The van der Waals surface area contributed by atoms with Crippen LogP contribution in [0.2, 0.25) is 0 Å². The average molecular weight is 676 g/mol. The van der Waals surface area contributed by atoms with Gasteiger partial charge in [-0.15, -0.1) is 0 Å². The van der Waals surface area contributed by atoms with Crippen LogP contribution in [0.5, 0.6) is 0 Å². The van der Waals surface area contributed by atoms with Crippen LogP contribution < -0.4 is 4.72 Å². The highest BCUT2D eigenvalue weighted by molar-refractivity contribution is 7.88. The van der Waals surface area contributed by atoms with Gasteiger partial charge in [-0.25, -0.2) is 13.1 Å². The first-order valence-corrected chi connectivity index (χ1v) is 19.7. The van der Waals surface area contributed by atoms with Crippen LogP contribution in [-0.2, 0) is 38.6 Å². The minimum absolute atomic E-state index is 0.00425. The second kappa shape index (κ2) is 14.9. The van der Waals surface area contributed by atoms with E-state index in [4.69, 9.17) is 18.9 Å². The molecule has 5 aliphatic rings. The third kappa shape index (κ3) is 8.42. The Morgan fingerprint density at radius 2 is 1.81 bits per heavy atom. The van der Waals surface area contributed by atoms with Gasteiger partial charge in [0.2, 0.25) is 10.0 Å². The summed E-state index contributed by atoms with van der Waals surface area (Å²) in [5.41, 5.74) is 3.63. The predicted octanol–water partition coefficient (Wildman–Crippen LogP) is 6.39. The predicted molar refractivity (Wildman–Crippen MR) is 181 cm³/mol. The largest absolute Gasteiger partial charge is 0.463 e. The number of esters is 2. The van der Waals surface area contributed by atoms with E-state index in [1.807, 2.05) is 6.08 Å². The van der Waals surface area contributed by atoms with E-state index in [2.05, 4.69) is 37.6 Å². The van der Waals surface area contributed by atoms with E-state index in [1.54, 1.807) is 11.6 Å². The number of ether oxygens (including phenoxy) is 4. The molecule has 5 rings (SSSR count). The van der Waals surface area contributed by atoms with Crippen molar-refractivity contribution < 1.29 is 37.0 Å². The first-order valence-electron chi connectivity index (χ1n) is 17.8. The summed E-state index contributed by atoms with van der Waals surface area (Å²) >= 11 is 0. The van der Waals surface area contributed by atoms with Crippen molar-refractivity contribution in [3.8, 4) is 0 Å². The number of unbranched alkanes of at least 4 members (excludes halogenated alkanes) is 2. The second-order valence-electron chi connectivity index (χ2n) is 15.3. The van der Waals surface area contributed by atoms with Crippen LogP contribution in [0.4, 0.5) is 0 Å². The number of fused-ring (bicyclic) bond motifs is 5. The van der Waals surface area contributed by atoms with Gasteiger partial charge in [-0.3, -0.25) is 9.59 Å². The molecule has 9 nitrogen and oxygen atoms in total. The maximum atomic E-state index is 11.6. The number of carbonyl (C=O) groups is 2. The zero-order valence-electron chi connectivity index (χ0n) is 29.3. The molecule has 0 spiro atoms. The van der Waals surface area contributed by atoms with Crippen molar-refractivity contribution in [3.05, 3.63) is 35.5 Å². The molecule has 0 radical (unpaired) electrons. The summed E-state index contributed by atoms with van der Waals surface area (Å²) in [6.45, 7) is 10.6. The molecule has 47 heavy (non-hydrogen) atoms. The molecular formula is C37H57NO8S. The van der Waals surface area contributed by atoms with Gasteiger partial charge in [0.1, 0.15) is 18.8 Å². The van der Waals surface area contributed by atoms with Crippen LogP contribution in [0.15, 0.2) is 35.5 Å². The van der Waals surface area contributed by atoms with Crippen molar-refractivity contribution in [2.45, 2.75) is 130 Å². The molecule has 0 amide bonds. The van der Waals surface area contributed by atoms with Crippen molar-refractivity contribution in [2.75, 3.05) is 19.4 Å². The molecule has 0 aromatic rings. The average Bonchev–Trinajstić information content (AvgIpc) is 3.35. The van der Waals surface area contributed by atoms with Gasteiger partial charge in [0.05, 0.1) is 12.4 Å². The Hall–Kier alpha value is -2.01. The van der Waals surface area contributed by atoms with Gasteiger partial charge in [-0.1, -0.05) is 37.1 Å². The number of allylic oxidation sites excluding steroid dienone is 3. The number of rotatable bonds is 12. The van der Waals surface area contributed by atoms with Crippen LogP contribution in [0.3, 0.4) is 0 Å². The zero-order chi connectivity index (χ0) is 34.0. The summed E-state index contributed by atoms with van der Waals surface area (Å²) in [6, 6.07) is 0. The Morgan fingerprint density at radius 1 is 1.02 bits per heavy atom. The molecule has 1 heterocycles. The van der Waals surface area contributed by atoms with Crippen molar-refractivity contribution >= 4 is 22.0 Å². The van der Waals surface area contributed by atoms with Gasteiger partial charge in [0.25, 0.3) is 0 Å². The SMILES string of the molecule is CC(=O)OC[C@H]1OC(O[C@H]2CC[C@@]3(C)C(=CC[C@H]4[C@@H]5CC[C@H](/C(C)=C/CCCCNS(C)(=O)=O)[C@@]5(C)CC[C@@H]43)C2)C=C[C@@H]1OC(C)=O. The molecule has 1 unspecified atom stereocenters. The van der Waals surface area contributed by atoms with E-state index in [0.29, 0.717) is 23.8 Å². The highest BCUT2D eigenvalue weighted by atomic mass is 32.2. The maximum Gasteiger partial charge on any atom is 0.303 e. The minimum atomic E-state index is -3.11. The molecule has 3 fully saturated rings. The molecule has 10 heteroatoms. The van der Waals surface area contributed by atoms with Gasteiger partial charge in [-0.05, 0) is 124 Å². The molecule has 10 atom stereocenters. The Bertz CT molecular complexity index is 1360. The second-order valence-corrected chi connectivity index (χ2v) is 17.2. The summed E-state index contributed by atoms with van der Waals surface area (Å²) in [4.78, 5) is 23.0. The van der Waals surface area contributed by atoms with Crippen molar-refractivity contribution in [1.29, 1.82) is 0 Å². The summed E-state index contributed by atoms with van der Waals surface area (Å²) < 4.78 is 48.4. The molecular weight excluding hydrogens is 618 g/mol. The minimum Gasteiger partial charge on any atom is -0.463 e. The van der Waals surface area contributed by atoms with Crippen molar-refractivity contribution in [1.82, 2.24) is 4.72 Å². The van der Waals surface area contributed by atoms with Crippen LogP contribution in [0.25, 0.3) is 0 Å². The number of nitrogens with one attached hydrogen (secondary N) is 1. The summed E-state index contributed by atoms with van der Waals surface area (Å²) in [7, 11) is -3.11. The van der Waals surface area contributed by atoms with E-state index >= 15 is 0 Å². The Balaban J connectivity index is 1.18. The fraction of sp³-hybridized carbons (Fsp3) is 0.784. The Labute approximate surface area is 282 Å². The van der Waals surface area contributed by atoms with E-state index in [-0.39, 0.29) is 18.1 Å². The van der Waals surface area contributed by atoms with Gasteiger partial charge in [-0.2, -0.15) is 0 Å². The van der Waals surface area contributed by atoms with Gasteiger partial charge >= 0.3 is 11.9 Å². The molecule has 0 saturated heterocycles. The van der Waals surface area contributed by atoms with E-state index in [1.165, 1.54) is 51.4 Å². The normalized spacial score (nSPS) is 38.5. The first-order chi connectivity index (χ1) is 22.2. The number of hydrogen-bond acceptors (Lipinski definition) is 8. The molecule has 1 aliphatic heterocycles. The molecule has 1 N–H and O–H groups in total.